The third kappa shape index (κ3) is 5.66. The fourth-order valence-corrected chi connectivity index (χ4v) is 2.92. The lowest BCUT2D eigenvalue weighted by molar-refractivity contribution is -0.0236. The van der Waals surface area contributed by atoms with E-state index >= 15 is 0 Å². The van der Waals surface area contributed by atoms with Crippen molar-refractivity contribution in [3.05, 3.63) is 65.5 Å². The normalized spacial score (nSPS) is 16.5. The Kier molecular flexibility index (Phi) is 8.03. The minimum atomic E-state index is -0.293. The molecule has 3 rings (SSSR count). The number of nitrogens with zero attached hydrogens (tertiary/aromatic N) is 1. The zero-order chi connectivity index (χ0) is 18.4. The van der Waals surface area contributed by atoms with Gasteiger partial charge in [-0.3, -0.25) is 4.79 Å². The zero-order valence-corrected chi connectivity index (χ0v) is 15.8. The summed E-state index contributed by atoms with van der Waals surface area (Å²) in [5, 5.41) is 0. The van der Waals surface area contributed by atoms with E-state index in [9.17, 15) is 9.18 Å². The molecule has 1 fully saturated rings. The Hall–Kier alpha value is -2.15. The van der Waals surface area contributed by atoms with Gasteiger partial charge in [-0.2, -0.15) is 0 Å². The average molecular weight is 395 g/mol. The molecule has 1 heterocycles. The molecule has 1 unspecified atom stereocenters. The lowest BCUT2D eigenvalue weighted by atomic mass is 10.1. The van der Waals surface area contributed by atoms with Crippen LogP contribution in [0.3, 0.4) is 0 Å². The first-order valence-electron chi connectivity index (χ1n) is 8.74. The van der Waals surface area contributed by atoms with Crippen molar-refractivity contribution in [2.75, 3.05) is 26.2 Å². The van der Waals surface area contributed by atoms with Gasteiger partial charge in [0.1, 0.15) is 18.2 Å². The first-order valence-corrected chi connectivity index (χ1v) is 8.74. The molecule has 2 N–H and O–H groups in total. The maximum absolute atomic E-state index is 13.6. The monoisotopic (exact) mass is 394 g/mol. The van der Waals surface area contributed by atoms with Crippen molar-refractivity contribution in [2.24, 2.45) is 5.73 Å². The van der Waals surface area contributed by atoms with Crippen LogP contribution in [-0.4, -0.2) is 43.2 Å². The minimum Gasteiger partial charge on any atom is -0.489 e. The van der Waals surface area contributed by atoms with Crippen LogP contribution >= 0.6 is 12.4 Å². The summed E-state index contributed by atoms with van der Waals surface area (Å²) >= 11 is 0. The number of hydrogen-bond acceptors (Lipinski definition) is 4. The number of hydrogen-bond donors (Lipinski definition) is 1. The van der Waals surface area contributed by atoms with Crippen molar-refractivity contribution in [2.45, 2.75) is 19.1 Å². The van der Waals surface area contributed by atoms with Gasteiger partial charge >= 0.3 is 0 Å². The third-order valence-corrected chi connectivity index (χ3v) is 4.37. The Bertz CT molecular complexity index is 740. The Morgan fingerprint density at radius 3 is 2.67 bits per heavy atom. The van der Waals surface area contributed by atoms with E-state index in [1.807, 2.05) is 0 Å². The third-order valence-electron chi connectivity index (χ3n) is 4.37. The number of rotatable bonds is 6. The Balaban J connectivity index is 0.00000261. The van der Waals surface area contributed by atoms with Crippen molar-refractivity contribution in [3.63, 3.8) is 0 Å². The van der Waals surface area contributed by atoms with Gasteiger partial charge in [0.15, 0.2) is 0 Å². The van der Waals surface area contributed by atoms with Gasteiger partial charge in [-0.15, -0.1) is 12.4 Å². The molecule has 0 saturated carbocycles. The predicted octanol–water partition coefficient (Wildman–Crippen LogP) is 3.02. The summed E-state index contributed by atoms with van der Waals surface area (Å²) in [6.07, 6.45) is 0.744. The second kappa shape index (κ2) is 10.3. The Morgan fingerprint density at radius 2 is 1.96 bits per heavy atom. The van der Waals surface area contributed by atoms with Crippen LogP contribution in [0, 0.1) is 5.82 Å². The number of halogens is 2. The van der Waals surface area contributed by atoms with Gasteiger partial charge in [0.2, 0.25) is 0 Å². The number of carbonyl (C=O) groups is 1. The van der Waals surface area contributed by atoms with Crippen molar-refractivity contribution < 1.29 is 18.7 Å². The quantitative estimate of drug-likeness (QED) is 0.818. The number of ether oxygens (including phenoxy) is 2. The first-order chi connectivity index (χ1) is 12.7. The van der Waals surface area contributed by atoms with Crippen LogP contribution in [0.5, 0.6) is 5.75 Å². The highest BCUT2D eigenvalue weighted by Gasteiger charge is 2.24. The summed E-state index contributed by atoms with van der Waals surface area (Å²) in [5.74, 6) is 0.266. The van der Waals surface area contributed by atoms with E-state index in [4.69, 9.17) is 15.2 Å². The first kappa shape index (κ1) is 21.2. The molecule has 7 heteroatoms. The van der Waals surface area contributed by atoms with Crippen LogP contribution < -0.4 is 10.5 Å². The minimum absolute atomic E-state index is 0. The maximum Gasteiger partial charge on any atom is 0.254 e. The Labute approximate surface area is 164 Å². The van der Waals surface area contributed by atoms with E-state index in [2.05, 4.69) is 0 Å². The number of carbonyl (C=O) groups excluding carboxylic acids is 1. The van der Waals surface area contributed by atoms with Crippen LogP contribution in [0.4, 0.5) is 4.39 Å². The lowest BCUT2D eigenvalue weighted by Gasteiger charge is -2.33. The van der Waals surface area contributed by atoms with Crippen molar-refractivity contribution in [1.82, 2.24) is 4.90 Å². The maximum atomic E-state index is 13.6. The van der Waals surface area contributed by atoms with Gasteiger partial charge < -0.3 is 20.1 Å². The molecule has 5 nitrogen and oxygen atoms in total. The predicted molar refractivity (Wildman–Crippen MR) is 104 cm³/mol. The number of benzene rings is 2. The van der Waals surface area contributed by atoms with Gasteiger partial charge in [-0.1, -0.05) is 18.2 Å². The SMILES string of the molecule is Cl.NCCC1CN(C(=O)c2ccc(OCc3ccccc3F)cc2)CCO1. The van der Waals surface area contributed by atoms with Crippen molar-refractivity contribution >= 4 is 18.3 Å². The molecule has 1 aliphatic rings. The second-order valence-electron chi connectivity index (χ2n) is 6.23. The van der Waals surface area contributed by atoms with Crippen LogP contribution in [0.1, 0.15) is 22.3 Å². The molecule has 0 aliphatic carbocycles. The number of nitrogens with two attached hydrogens (primary N) is 1. The molecule has 0 spiro atoms. The molecule has 1 amide bonds. The van der Waals surface area contributed by atoms with Crippen LogP contribution in [0.2, 0.25) is 0 Å². The van der Waals surface area contributed by atoms with Gasteiger partial charge in [-0.05, 0) is 43.3 Å². The van der Waals surface area contributed by atoms with Gasteiger partial charge in [0, 0.05) is 24.2 Å². The molecule has 1 saturated heterocycles. The molecule has 2 aromatic rings. The molecule has 146 valence electrons. The molecule has 1 atom stereocenters. The zero-order valence-electron chi connectivity index (χ0n) is 15.0. The topological polar surface area (TPSA) is 64.8 Å². The van der Waals surface area contributed by atoms with Crippen molar-refractivity contribution in [1.29, 1.82) is 0 Å². The summed E-state index contributed by atoms with van der Waals surface area (Å²) < 4.78 is 24.8. The summed E-state index contributed by atoms with van der Waals surface area (Å²) in [6, 6.07) is 13.4. The van der Waals surface area contributed by atoms with Crippen molar-refractivity contribution in [3.8, 4) is 5.75 Å². The van der Waals surface area contributed by atoms with Gasteiger partial charge in [0.05, 0.1) is 12.7 Å². The molecule has 0 bridgehead atoms. The van der Waals surface area contributed by atoms with Gasteiger partial charge in [-0.25, -0.2) is 4.39 Å². The smallest absolute Gasteiger partial charge is 0.254 e. The molecule has 27 heavy (non-hydrogen) atoms. The van der Waals surface area contributed by atoms with Crippen LogP contribution in [-0.2, 0) is 11.3 Å². The summed E-state index contributed by atoms with van der Waals surface area (Å²) in [6.45, 7) is 2.35. The molecular weight excluding hydrogens is 371 g/mol. The summed E-state index contributed by atoms with van der Waals surface area (Å²) in [5.41, 5.74) is 6.65. The van der Waals surface area contributed by atoms with E-state index in [0.717, 1.165) is 6.42 Å². The molecular formula is C20H24ClFN2O3. The van der Waals surface area contributed by atoms with E-state index in [-0.39, 0.29) is 36.8 Å². The molecule has 0 radical (unpaired) electrons. The molecule has 2 aromatic carbocycles. The fraction of sp³-hybridized carbons (Fsp3) is 0.350. The molecule has 0 aromatic heterocycles. The average Bonchev–Trinajstić information content (AvgIpc) is 2.68. The van der Waals surface area contributed by atoms with Crippen LogP contribution in [0.15, 0.2) is 48.5 Å². The lowest BCUT2D eigenvalue weighted by Crippen LogP contribution is -2.46. The number of amides is 1. The largest absolute Gasteiger partial charge is 0.489 e. The van der Waals surface area contributed by atoms with Crippen LogP contribution in [0.25, 0.3) is 0 Å². The second-order valence-corrected chi connectivity index (χ2v) is 6.23. The molecule has 1 aliphatic heterocycles. The van der Waals surface area contributed by atoms with E-state index in [1.54, 1.807) is 47.4 Å². The van der Waals surface area contributed by atoms with Gasteiger partial charge in [0.25, 0.3) is 5.91 Å². The number of morpholine rings is 1. The highest BCUT2D eigenvalue weighted by Crippen LogP contribution is 2.18. The summed E-state index contributed by atoms with van der Waals surface area (Å²) in [4.78, 5) is 14.4. The highest BCUT2D eigenvalue weighted by atomic mass is 35.5. The standard InChI is InChI=1S/C20H23FN2O3.ClH/c21-19-4-2-1-3-16(19)14-26-17-7-5-15(6-8-17)20(24)23-11-12-25-18(13-23)9-10-22;/h1-8,18H,9-14,22H2;1H. The Morgan fingerprint density at radius 1 is 1.22 bits per heavy atom. The van der Waals surface area contributed by atoms with E-state index in [1.165, 1.54) is 6.07 Å². The van der Waals surface area contributed by atoms with E-state index in [0.29, 0.717) is 43.1 Å². The van der Waals surface area contributed by atoms with E-state index < -0.39 is 0 Å². The fourth-order valence-electron chi connectivity index (χ4n) is 2.92. The highest BCUT2D eigenvalue weighted by molar-refractivity contribution is 5.94. The summed E-state index contributed by atoms with van der Waals surface area (Å²) in [7, 11) is 0.